The summed E-state index contributed by atoms with van der Waals surface area (Å²) in [5, 5.41) is 6.71. The van der Waals surface area contributed by atoms with Crippen LogP contribution in [0.1, 0.15) is 82.2 Å². The van der Waals surface area contributed by atoms with Crippen molar-refractivity contribution in [1.82, 2.24) is 15.6 Å². The fourth-order valence-corrected chi connectivity index (χ4v) is 6.88. The Morgan fingerprint density at radius 3 is 2.55 bits per heavy atom. The van der Waals surface area contributed by atoms with Crippen LogP contribution < -0.4 is 21.1 Å². The molecule has 12 heteroatoms. The van der Waals surface area contributed by atoms with Gasteiger partial charge in [-0.15, -0.1) is 0 Å². The SMILES string of the molecule is CCC(=O)C[C@@H](Cc1nc2ccc(Cl)cc2o1)C(=O)N[C@H](C(=O)C[C@@H](CCCCN)C(=O)N[C@@H]1CCOc2ccccc21)C1CCOCC1. The Kier molecular flexibility index (Phi) is 13.2. The van der Waals surface area contributed by atoms with Crippen molar-refractivity contribution in [1.29, 1.82) is 0 Å². The van der Waals surface area contributed by atoms with E-state index in [1.165, 1.54) is 0 Å². The Morgan fingerprint density at radius 1 is 0.980 bits per heavy atom. The van der Waals surface area contributed by atoms with Gasteiger partial charge in [0.1, 0.15) is 17.0 Å². The maximum atomic E-state index is 14.2. The van der Waals surface area contributed by atoms with Crippen molar-refractivity contribution < 1.29 is 33.1 Å². The number of rotatable bonds is 17. The number of para-hydroxylation sites is 1. The lowest BCUT2D eigenvalue weighted by molar-refractivity contribution is -0.136. The van der Waals surface area contributed by atoms with Gasteiger partial charge in [0, 0.05) is 67.9 Å². The molecule has 5 rings (SSSR count). The van der Waals surface area contributed by atoms with E-state index in [-0.39, 0.29) is 55.1 Å². The van der Waals surface area contributed by atoms with Crippen molar-refractivity contribution in [3.05, 3.63) is 58.9 Å². The van der Waals surface area contributed by atoms with Crippen LogP contribution in [0.15, 0.2) is 46.9 Å². The first-order valence-corrected chi connectivity index (χ1v) is 17.8. The fourth-order valence-electron chi connectivity index (χ4n) is 6.71. The molecule has 3 heterocycles. The molecule has 0 bridgehead atoms. The van der Waals surface area contributed by atoms with E-state index < -0.39 is 23.8 Å². The highest BCUT2D eigenvalue weighted by Gasteiger charge is 2.36. The second-order valence-corrected chi connectivity index (χ2v) is 13.5. The predicted octanol–water partition coefficient (Wildman–Crippen LogP) is 5.26. The van der Waals surface area contributed by atoms with Crippen molar-refractivity contribution in [2.75, 3.05) is 26.4 Å². The Hall–Kier alpha value is -3.80. The number of unbranched alkanes of at least 4 members (excludes halogenated alkanes) is 1. The fraction of sp³-hybridized carbons (Fsp3) is 0.541. The van der Waals surface area contributed by atoms with Crippen LogP contribution in [0.2, 0.25) is 5.02 Å². The van der Waals surface area contributed by atoms with Gasteiger partial charge in [-0.25, -0.2) is 4.98 Å². The Labute approximate surface area is 292 Å². The van der Waals surface area contributed by atoms with Crippen LogP contribution in [0.3, 0.4) is 0 Å². The highest BCUT2D eigenvalue weighted by atomic mass is 35.5. The van der Waals surface area contributed by atoms with E-state index in [4.69, 9.17) is 31.2 Å². The summed E-state index contributed by atoms with van der Waals surface area (Å²) in [5.41, 5.74) is 7.77. The summed E-state index contributed by atoms with van der Waals surface area (Å²) in [5.74, 6) is -1.44. The molecule has 2 aliphatic rings. The van der Waals surface area contributed by atoms with Gasteiger partial charge in [0.05, 0.1) is 24.6 Å². The van der Waals surface area contributed by atoms with Gasteiger partial charge in [-0.05, 0) is 56.3 Å². The number of carbonyl (C=O) groups is 4. The molecule has 0 spiro atoms. The molecule has 0 radical (unpaired) electrons. The minimum atomic E-state index is -0.841. The van der Waals surface area contributed by atoms with Crippen molar-refractivity contribution in [3.8, 4) is 5.75 Å². The van der Waals surface area contributed by atoms with E-state index in [0.717, 1.165) is 17.7 Å². The van der Waals surface area contributed by atoms with Crippen LogP contribution in [0.25, 0.3) is 11.1 Å². The summed E-state index contributed by atoms with van der Waals surface area (Å²) in [6.07, 6.45) is 4.00. The molecule has 1 aromatic heterocycles. The highest BCUT2D eigenvalue weighted by Crippen LogP contribution is 2.32. The quantitative estimate of drug-likeness (QED) is 0.160. The summed E-state index contributed by atoms with van der Waals surface area (Å²) >= 11 is 6.12. The minimum absolute atomic E-state index is 0.0206. The van der Waals surface area contributed by atoms with Crippen LogP contribution in [-0.4, -0.2) is 60.8 Å². The molecule has 1 saturated heterocycles. The minimum Gasteiger partial charge on any atom is -0.493 e. The lowest BCUT2D eigenvalue weighted by Crippen LogP contribution is -2.50. The molecular weight excluding hydrogens is 648 g/mol. The number of hydrogen-bond acceptors (Lipinski definition) is 9. The van der Waals surface area contributed by atoms with Crippen molar-refractivity contribution in [2.45, 2.75) is 83.2 Å². The average Bonchev–Trinajstić information content (AvgIpc) is 3.51. The number of ether oxygens (including phenoxy) is 2. The number of benzene rings is 2. The number of ketones is 2. The van der Waals surface area contributed by atoms with Gasteiger partial charge in [-0.2, -0.15) is 0 Å². The molecule has 49 heavy (non-hydrogen) atoms. The van der Waals surface area contributed by atoms with E-state index >= 15 is 0 Å². The Bertz CT molecular complexity index is 1600. The number of hydrogen-bond donors (Lipinski definition) is 3. The monoisotopic (exact) mass is 694 g/mol. The van der Waals surface area contributed by atoms with E-state index in [1.807, 2.05) is 24.3 Å². The van der Waals surface area contributed by atoms with Crippen LogP contribution in [-0.2, 0) is 30.3 Å². The summed E-state index contributed by atoms with van der Waals surface area (Å²) in [6.45, 7) is 3.66. The predicted molar refractivity (Wildman–Crippen MR) is 185 cm³/mol. The molecule has 0 unspecified atom stereocenters. The third kappa shape index (κ3) is 9.89. The molecule has 3 aromatic rings. The van der Waals surface area contributed by atoms with E-state index in [2.05, 4.69) is 15.6 Å². The first-order chi connectivity index (χ1) is 23.7. The van der Waals surface area contributed by atoms with Crippen LogP contribution >= 0.6 is 11.6 Å². The molecule has 4 N–H and O–H groups in total. The number of aromatic nitrogens is 1. The molecule has 0 saturated carbocycles. The lowest BCUT2D eigenvalue weighted by Gasteiger charge is -2.32. The summed E-state index contributed by atoms with van der Waals surface area (Å²) in [7, 11) is 0. The van der Waals surface area contributed by atoms with Gasteiger partial charge in [0.25, 0.3) is 0 Å². The maximum absolute atomic E-state index is 14.2. The third-order valence-electron chi connectivity index (χ3n) is 9.54. The van der Waals surface area contributed by atoms with E-state index in [9.17, 15) is 19.2 Å². The maximum Gasteiger partial charge on any atom is 0.224 e. The molecule has 264 valence electrons. The van der Waals surface area contributed by atoms with Crippen molar-refractivity contribution in [2.24, 2.45) is 23.5 Å². The zero-order valence-corrected chi connectivity index (χ0v) is 28.8. The smallest absolute Gasteiger partial charge is 0.224 e. The number of nitrogens with one attached hydrogen (secondary N) is 2. The number of nitrogens with zero attached hydrogens (tertiary/aromatic N) is 1. The third-order valence-corrected chi connectivity index (χ3v) is 9.77. The highest BCUT2D eigenvalue weighted by molar-refractivity contribution is 6.31. The van der Waals surface area contributed by atoms with Crippen molar-refractivity contribution >= 4 is 46.1 Å². The zero-order valence-electron chi connectivity index (χ0n) is 28.1. The average molecular weight is 695 g/mol. The zero-order chi connectivity index (χ0) is 34.8. The molecule has 2 amide bonds. The molecular formula is C37H47ClN4O7. The second kappa shape index (κ2) is 17.7. The van der Waals surface area contributed by atoms with E-state index in [0.29, 0.717) is 80.5 Å². The second-order valence-electron chi connectivity index (χ2n) is 13.0. The molecule has 11 nitrogen and oxygen atoms in total. The Morgan fingerprint density at radius 2 is 1.78 bits per heavy atom. The molecule has 2 aromatic carbocycles. The largest absolute Gasteiger partial charge is 0.493 e. The first-order valence-electron chi connectivity index (χ1n) is 17.4. The standard InChI is InChI=1S/C37H47ClN4O7/c1-2-27(43)19-25(21-34-40-30-11-10-26(38)22-33(30)49-34)37(46)42-35(23-12-16-47-17-13-23)31(44)20-24(7-5-6-15-39)36(45)41-29-14-18-48-32-9-4-3-8-28(29)32/h3-4,8-11,22-25,29,35H,2,5-7,12-21,39H2,1H3,(H,41,45)(H,42,46)/t24-,25+,29-,35+/m1/s1. The Balaban J connectivity index is 1.34. The number of nitrogens with two attached hydrogens (primary N) is 1. The normalized spacial score (nSPS) is 18.1. The number of oxazole rings is 1. The topological polar surface area (TPSA) is 163 Å². The number of Topliss-reactive ketones (excluding diaryl/α,β-unsaturated/α-hetero) is 2. The number of amides is 2. The van der Waals surface area contributed by atoms with Gasteiger partial charge < -0.3 is 30.3 Å². The molecule has 4 atom stereocenters. The van der Waals surface area contributed by atoms with Crippen LogP contribution in [0.4, 0.5) is 0 Å². The molecule has 2 aliphatic heterocycles. The number of fused-ring (bicyclic) bond motifs is 2. The van der Waals surface area contributed by atoms with Crippen LogP contribution in [0, 0.1) is 17.8 Å². The van der Waals surface area contributed by atoms with Crippen molar-refractivity contribution in [3.63, 3.8) is 0 Å². The summed E-state index contributed by atoms with van der Waals surface area (Å²) in [6, 6.07) is 11.7. The first kappa shape index (κ1) is 36.5. The van der Waals surface area contributed by atoms with Gasteiger partial charge in [-0.3, -0.25) is 19.2 Å². The van der Waals surface area contributed by atoms with Gasteiger partial charge in [-0.1, -0.05) is 43.1 Å². The van der Waals surface area contributed by atoms with Gasteiger partial charge >= 0.3 is 0 Å². The lowest BCUT2D eigenvalue weighted by atomic mass is 9.83. The van der Waals surface area contributed by atoms with Crippen LogP contribution in [0.5, 0.6) is 5.75 Å². The summed E-state index contributed by atoms with van der Waals surface area (Å²) in [4.78, 5) is 59.2. The number of carbonyl (C=O) groups excluding carboxylic acids is 4. The summed E-state index contributed by atoms with van der Waals surface area (Å²) < 4.78 is 17.2. The number of halogens is 1. The molecule has 1 fully saturated rings. The van der Waals surface area contributed by atoms with Gasteiger partial charge in [0.2, 0.25) is 11.8 Å². The molecule has 0 aliphatic carbocycles. The van der Waals surface area contributed by atoms with Gasteiger partial charge in [0.15, 0.2) is 17.3 Å². The van der Waals surface area contributed by atoms with E-state index in [1.54, 1.807) is 25.1 Å².